The van der Waals surface area contributed by atoms with Crippen LogP contribution in [0.15, 0.2) is 27.8 Å². The van der Waals surface area contributed by atoms with Gasteiger partial charge in [-0.05, 0) is 38.3 Å². The zero-order valence-corrected chi connectivity index (χ0v) is 17.0. The van der Waals surface area contributed by atoms with Gasteiger partial charge in [0.2, 0.25) is 12.2 Å². The van der Waals surface area contributed by atoms with Gasteiger partial charge in [0.05, 0.1) is 5.56 Å². The summed E-state index contributed by atoms with van der Waals surface area (Å²) in [6, 6.07) is 5.61. The van der Waals surface area contributed by atoms with Crippen LogP contribution in [0.1, 0.15) is 50.3 Å². The molecule has 0 spiro atoms. The van der Waals surface area contributed by atoms with Crippen LogP contribution in [0, 0.1) is 13.8 Å². The Labute approximate surface area is 163 Å². The summed E-state index contributed by atoms with van der Waals surface area (Å²) < 4.78 is 17.5. The third-order valence-corrected chi connectivity index (χ3v) is 4.07. The maximum absolute atomic E-state index is 12.4. The molecular weight excluding hydrogens is 364 g/mol. The van der Waals surface area contributed by atoms with Gasteiger partial charge < -0.3 is 14.2 Å². The summed E-state index contributed by atoms with van der Waals surface area (Å²) in [7, 11) is 0. The summed E-state index contributed by atoms with van der Waals surface area (Å²) in [4.78, 5) is 38.2. The highest BCUT2D eigenvalue weighted by Gasteiger charge is 2.21. The molecule has 1 heterocycles. The Morgan fingerprint density at radius 1 is 1.18 bits per heavy atom. The normalized spacial score (nSPS) is 12.1. The van der Waals surface area contributed by atoms with Crippen LogP contribution in [-0.4, -0.2) is 21.8 Å². The van der Waals surface area contributed by atoms with Crippen molar-refractivity contribution in [3.63, 3.8) is 0 Å². The van der Waals surface area contributed by atoms with Crippen LogP contribution in [-0.2, 0) is 21.0 Å². The van der Waals surface area contributed by atoms with Crippen molar-refractivity contribution in [2.45, 2.75) is 60.5 Å². The Bertz CT molecular complexity index is 974. The molecule has 0 fully saturated rings. The van der Waals surface area contributed by atoms with Crippen molar-refractivity contribution >= 4 is 5.97 Å². The highest BCUT2D eigenvalue weighted by atomic mass is 16.7. The average Bonchev–Trinajstić information content (AvgIpc) is 2.55. The first-order valence-electron chi connectivity index (χ1n) is 9.01. The second kappa shape index (κ2) is 8.88. The molecule has 0 amide bonds. The second-order valence-corrected chi connectivity index (χ2v) is 6.90. The fourth-order valence-electron chi connectivity index (χ4n) is 2.77. The van der Waals surface area contributed by atoms with E-state index in [0.29, 0.717) is 11.3 Å². The van der Waals surface area contributed by atoms with Gasteiger partial charge in [-0.3, -0.25) is 14.6 Å². The Hall–Kier alpha value is -2.87. The molecule has 1 aromatic carbocycles. The van der Waals surface area contributed by atoms with Gasteiger partial charge >= 0.3 is 11.7 Å². The van der Waals surface area contributed by atoms with Gasteiger partial charge in [0.1, 0.15) is 12.5 Å². The molecule has 28 heavy (non-hydrogen) atoms. The summed E-state index contributed by atoms with van der Waals surface area (Å²) in [5, 5.41) is 0. The number of hydrogen-bond donors (Lipinski definition) is 1. The molecule has 8 heteroatoms. The number of aromatic nitrogens is 2. The number of nitrogens with one attached hydrogen (secondary N) is 1. The first-order chi connectivity index (χ1) is 13.1. The van der Waals surface area contributed by atoms with Gasteiger partial charge in [-0.1, -0.05) is 31.5 Å². The quantitative estimate of drug-likeness (QED) is 0.576. The fourth-order valence-corrected chi connectivity index (χ4v) is 2.77. The van der Waals surface area contributed by atoms with E-state index in [4.69, 9.17) is 14.2 Å². The molecule has 0 saturated heterocycles. The number of rotatable bonds is 7. The van der Waals surface area contributed by atoms with E-state index in [0.717, 1.165) is 11.1 Å². The predicted molar refractivity (Wildman–Crippen MR) is 104 cm³/mol. The Balaban J connectivity index is 2.51. The molecule has 2 aromatic rings. The van der Waals surface area contributed by atoms with Crippen molar-refractivity contribution < 1.29 is 19.0 Å². The second-order valence-electron chi connectivity index (χ2n) is 6.90. The number of ether oxygens (including phenoxy) is 3. The maximum atomic E-state index is 12.4. The van der Waals surface area contributed by atoms with Crippen LogP contribution in [0.4, 0.5) is 0 Å². The lowest BCUT2D eigenvalue weighted by atomic mass is 10.1. The SMILES string of the molecule is CC(=O)OC(C)OCn1c(Oc2ccc(C)cc2C)c(C(C)C)c(=O)[nH]c1=O. The summed E-state index contributed by atoms with van der Waals surface area (Å²) in [6.45, 7) is 10.0. The molecule has 0 aliphatic carbocycles. The molecule has 2 rings (SSSR count). The number of hydrogen-bond acceptors (Lipinski definition) is 6. The minimum absolute atomic E-state index is 0.103. The standard InChI is InChI=1S/C20H26N2O6/c1-11(2)17-18(24)21-20(25)22(10-26-15(6)27-14(5)23)19(17)28-16-8-7-12(3)9-13(16)4/h7-9,11,15H,10H2,1-6H3,(H,21,24,25). The molecule has 0 aliphatic rings. The molecule has 1 atom stereocenters. The number of benzene rings is 1. The number of aryl methyl sites for hydroxylation is 2. The van der Waals surface area contributed by atoms with E-state index < -0.39 is 23.5 Å². The van der Waals surface area contributed by atoms with Crippen molar-refractivity contribution in [1.82, 2.24) is 9.55 Å². The zero-order valence-electron chi connectivity index (χ0n) is 17.0. The van der Waals surface area contributed by atoms with Gasteiger partial charge in [-0.2, -0.15) is 0 Å². The van der Waals surface area contributed by atoms with Crippen molar-refractivity contribution in [1.29, 1.82) is 0 Å². The maximum Gasteiger partial charge on any atom is 0.333 e. The summed E-state index contributed by atoms with van der Waals surface area (Å²) in [5.41, 5.74) is 1.07. The number of esters is 1. The zero-order chi connectivity index (χ0) is 21.0. The third kappa shape index (κ3) is 5.10. The van der Waals surface area contributed by atoms with Crippen molar-refractivity contribution in [2.75, 3.05) is 0 Å². The minimum atomic E-state index is -0.868. The highest BCUT2D eigenvalue weighted by Crippen LogP contribution is 2.29. The molecule has 0 saturated carbocycles. The van der Waals surface area contributed by atoms with Crippen LogP contribution in [0.3, 0.4) is 0 Å². The van der Waals surface area contributed by atoms with Crippen molar-refractivity contribution in [3.8, 4) is 11.6 Å². The largest absolute Gasteiger partial charge is 0.440 e. The first kappa shape index (κ1) is 21.4. The van der Waals surface area contributed by atoms with Gasteiger partial charge in [-0.15, -0.1) is 0 Å². The first-order valence-corrected chi connectivity index (χ1v) is 9.01. The molecular formula is C20H26N2O6. The average molecular weight is 390 g/mol. The predicted octanol–water partition coefficient (Wildman–Crippen LogP) is 2.95. The molecule has 0 aliphatic heterocycles. The van der Waals surface area contributed by atoms with Crippen LogP contribution >= 0.6 is 0 Å². The highest BCUT2D eigenvalue weighted by molar-refractivity contribution is 5.65. The monoisotopic (exact) mass is 390 g/mol. The van der Waals surface area contributed by atoms with Crippen molar-refractivity contribution in [3.05, 3.63) is 55.7 Å². The van der Waals surface area contributed by atoms with E-state index in [1.54, 1.807) is 6.07 Å². The van der Waals surface area contributed by atoms with Gasteiger partial charge in [0.15, 0.2) is 0 Å². The minimum Gasteiger partial charge on any atom is -0.440 e. The molecule has 0 radical (unpaired) electrons. The molecule has 1 aromatic heterocycles. The van der Waals surface area contributed by atoms with Crippen LogP contribution < -0.4 is 16.0 Å². The molecule has 1 unspecified atom stereocenters. The lowest BCUT2D eigenvalue weighted by Gasteiger charge is -2.20. The van der Waals surface area contributed by atoms with E-state index in [1.165, 1.54) is 18.4 Å². The van der Waals surface area contributed by atoms with E-state index in [2.05, 4.69) is 4.98 Å². The van der Waals surface area contributed by atoms with Crippen LogP contribution in [0.2, 0.25) is 0 Å². The number of H-pyrrole nitrogens is 1. The third-order valence-electron chi connectivity index (χ3n) is 4.07. The Morgan fingerprint density at radius 3 is 2.43 bits per heavy atom. The lowest BCUT2D eigenvalue weighted by Crippen LogP contribution is -2.35. The van der Waals surface area contributed by atoms with E-state index in [1.807, 2.05) is 39.8 Å². The lowest BCUT2D eigenvalue weighted by molar-refractivity contribution is -0.179. The Kier molecular flexibility index (Phi) is 6.80. The molecule has 1 N–H and O–H groups in total. The number of carbonyl (C=O) groups is 1. The van der Waals surface area contributed by atoms with Gasteiger partial charge in [0.25, 0.3) is 5.56 Å². The number of carbonyl (C=O) groups excluding carboxylic acids is 1. The summed E-state index contributed by atoms with van der Waals surface area (Å²) >= 11 is 0. The van der Waals surface area contributed by atoms with Gasteiger partial charge in [0, 0.05) is 6.92 Å². The van der Waals surface area contributed by atoms with Gasteiger partial charge in [-0.25, -0.2) is 9.36 Å². The Morgan fingerprint density at radius 2 is 1.86 bits per heavy atom. The number of aromatic amines is 1. The van der Waals surface area contributed by atoms with Crippen LogP contribution in [0.25, 0.3) is 0 Å². The number of nitrogens with zero attached hydrogens (tertiary/aromatic N) is 1. The smallest absolute Gasteiger partial charge is 0.333 e. The van der Waals surface area contributed by atoms with E-state index in [9.17, 15) is 14.4 Å². The van der Waals surface area contributed by atoms with Crippen molar-refractivity contribution in [2.24, 2.45) is 0 Å². The molecule has 152 valence electrons. The van der Waals surface area contributed by atoms with E-state index >= 15 is 0 Å². The van der Waals surface area contributed by atoms with E-state index in [-0.39, 0.29) is 18.5 Å². The summed E-state index contributed by atoms with van der Waals surface area (Å²) in [5.74, 6) is -0.0804. The summed E-state index contributed by atoms with van der Waals surface area (Å²) in [6.07, 6.45) is -0.868. The topological polar surface area (TPSA) is 99.6 Å². The molecule has 0 bridgehead atoms. The van der Waals surface area contributed by atoms with Crippen LogP contribution in [0.5, 0.6) is 11.6 Å². The molecule has 8 nitrogen and oxygen atoms in total. The fraction of sp³-hybridized carbons (Fsp3) is 0.450.